The highest BCUT2D eigenvalue weighted by Crippen LogP contribution is 2.44. The van der Waals surface area contributed by atoms with E-state index in [4.69, 9.17) is 14.2 Å². The van der Waals surface area contributed by atoms with E-state index in [1.807, 2.05) is 18.2 Å². The van der Waals surface area contributed by atoms with Crippen molar-refractivity contribution in [2.75, 3.05) is 46.5 Å². The Bertz CT molecular complexity index is 1440. The highest BCUT2D eigenvalue weighted by Gasteiger charge is 2.46. The van der Waals surface area contributed by atoms with Crippen LogP contribution in [0, 0.1) is 10.1 Å². The largest absolute Gasteiger partial charge is 0.491 e. The summed E-state index contributed by atoms with van der Waals surface area (Å²) in [5, 5.41) is 26.9. The molecule has 0 saturated carbocycles. The minimum atomic E-state index is -4.91. The van der Waals surface area contributed by atoms with Crippen molar-refractivity contribution < 1.29 is 47.0 Å². The van der Waals surface area contributed by atoms with Crippen LogP contribution in [0.4, 0.5) is 23.7 Å². The summed E-state index contributed by atoms with van der Waals surface area (Å²) in [6, 6.07) is 14.3. The van der Waals surface area contributed by atoms with Crippen LogP contribution in [0.1, 0.15) is 44.1 Å². The molecule has 48 heavy (non-hydrogen) atoms. The minimum absolute atomic E-state index is 0.0409. The molecule has 1 heterocycles. The molecule has 0 fully saturated rings. The van der Waals surface area contributed by atoms with Gasteiger partial charge >= 0.3 is 18.2 Å². The molecule has 1 amide bonds. The molecule has 1 aliphatic heterocycles. The highest BCUT2D eigenvalue weighted by atomic mass is 19.4. The molecule has 2 unspecified atom stereocenters. The van der Waals surface area contributed by atoms with Gasteiger partial charge in [-0.15, -0.1) is 0 Å². The minimum Gasteiger partial charge on any atom is -0.491 e. The normalized spacial score (nSPS) is 15.4. The number of hydrogen-bond acceptors (Lipinski definition) is 10. The number of aliphatic hydroxyl groups excluding tert-OH is 1. The molecule has 0 bridgehead atoms. The zero-order valence-electron chi connectivity index (χ0n) is 26.8. The number of nitrogens with zero attached hydrogens (tertiary/aromatic N) is 2. The van der Waals surface area contributed by atoms with Gasteiger partial charge in [0.1, 0.15) is 24.2 Å². The van der Waals surface area contributed by atoms with Gasteiger partial charge in [-0.2, -0.15) is 13.2 Å². The number of methoxy groups -OCH3 is 1. The number of esters is 1. The third kappa shape index (κ3) is 11.6. The highest BCUT2D eigenvalue weighted by molar-refractivity contribution is 5.92. The van der Waals surface area contributed by atoms with E-state index in [2.05, 4.69) is 10.6 Å². The lowest BCUT2D eigenvalue weighted by molar-refractivity contribution is -0.384. The van der Waals surface area contributed by atoms with Crippen molar-refractivity contribution in [1.82, 2.24) is 15.5 Å². The fraction of sp³-hybridized carbons (Fsp3) is 0.455. The third-order valence-electron chi connectivity index (χ3n) is 7.43. The number of para-hydroxylation sites is 1. The molecule has 2 aromatic rings. The first kappa shape index (κ1) is 37.8. The van der Waals surface area contributed by atoms with Gasteiger partial charge in [-0.1, -0.05) is 42.8 Å². The summed E-state index contributed by atoms with van der Waals surface area (Å²) >= 11 is 0. The average molecular weight is 679 g/mol. The molecule has 12 nitrogen and oxygen atoms in total. The van der Waals surface area contributed by atoms with Crippen molar-refractivity contribution in [1.29, 1.82) is 0 Å². The van der Waals surface area contributed by atoms with Crippen molar-refractivity contribution >= 4 is 17.7 Å². The maximum atomic E-state index is 14.5. The molecule has 0 spiro atoms. The first-order chi connectivity index (χ1) is 22.9. The Morgan fingerprint density at radius 3 is 2.48 bits per heavy atom. The monoisotopic (exact) mass is 678 g/mol. The molecule has 3 N–H and O–H groups in total. The van der Waals surface area contributed by atoms with Gasteiger partial charge in [0.25, 0.3) is 5.69 Å². The maximum Gasteiger partial charge on any atom is 0.432 e. The lowest BCUT2D eigenvalue weighted by Crippen LogP contribution is -2.38. The molecule has 3 rings (SSSR count). The number of amides is 1. The summed E-state index contributed by atoms with van der Waals surface area (Å²) in [7, 11) is 0.985. The zero-order valence-corrected chi connectivity index (χ0v) is 26.8. The fourth-order valence-corrected chi connectivity index (χ4v) is 5.14. The quantitative estimate of drug-likeness (QED) is 0.0830. The number of benzene rings is 2. The average Bonchev–Trinajstić information content (AvgIpc) is 3.06. The predicted octanol–water partition coefficient (Wildman–Crippen LogP) is 5.20. The Morgan fingerprint density at radius 2 is 1.79 bits per heavy atom. The summed E-state index contributed by atoms with van der Waals surface area (Å²) in [6.45, 7) is 2.66. The van der Waals surface area contributed by atoms with E-state index in [0.29, 0.717) is 38.0 Å². The number of ether oxygens (including phenoxy) is 3. The van der Waals surface area contributed by atoms with Gasteiger partial charge in [-0.3, -0.25) is 10.1 Å². The van der Waals surface area contributed by atoms with Gasteiger partial charge in [-0.05, 0) is 43.9 Å². The van der Waals surface area contributed by atoms with Gasteiger partial charge in [-0.25, -0.2) is 9.59 Å². The van der Waals surface area contributed by atoms with Gasteiger partial charge in [0.2, 0.25) is 0 Å². The van der Waals surface area contributed by atoms with E-state index in [-0.39, 0.29) is 49.8 Å². The number of halogens is 3. The maximum absolute atomic E-state index is 14.5. The van der Waals surface area contributed by atoms with Gasteiger partial charge in [0.05, 0.1) is 24.2 Å². The topological polar surface area (TPSA) is 152 Å². The molecule has 0 saturated heterocycles. The van der Waals surface area contributed by atoms with E-state index in [1.165, 1.54) is 31.2 Å². The lowest BCUT2D eigenvalue weighted by atomic mass is 9.85. The first-order valence-corrected chi connectivity index (χ1v) is 15.5. The number of aliphatic hydroxyl groups is 1. The number of carbonyl (C=O) groups is 2. The molecule has 0 aromatic heterocycles. The summed E-state index contributed by atoms with van der Waals surface area (Å²) in [4.78, 5) is 36.3. The van der Waals surface area contributed by atoms with Crippen LogP contribution in [0.15, 0.2) is 77.6 Å². The second-order valence-electron chi connectivity index (χ2n) is 11.0. The molecule has 0 radical (unpaired) electrons. The molecule has 15 heteroatoms. The number of nitrogens with one attached hydrogen (secondary N) is 2. The van der Waals surface area contributed by atoms with Gasteiger partial charge < -0.3 is 34.9 Å². The summed E-state index contributed by atoms with van der Waals surface area (Å²) in [5.41, 5.74) is -1.70. The van der Waals surface area contributed by atoms with E-state index >= 15 is 0 Å². The number of alkyl halides is 3. The molecular formula is C33H41F3N4O8. The van der Waals surface area contributed by atoms with Crippen LogP contribution in [0.5, 0.6) is 5.75 Å². The fourth-order valence-electron chi connectivity index (χ4n) is 5.14. The number of carbonyl (C=O) groups excluding carboxylic acids is 2. The Morgan fingerprint density at radius 1 is 1.06 bits per heavy atom. The van der Waals surface area contributed by atoms with E-state index in [9.17, 15) is 38.0 Å². The Kier molecular flexibility index (Phi) is 14.7. The Hall–Kier alpha value is -4.63. The second-order valence-corrected chi connectivity index (χ2v) is 11.0. The standard InChI is InChI=1S/C33H41F3N4O8/c1-23-19-28(24-11-10-12-25(20-24)40(44)45)29(31(42)46-2)30(33(34,35)36)39(23)17-8-3-4-9-18-47-32(43)38-16-15-37-21-26(41)22-48-27-13-6-5-7-14-27/h5-7,10-14,19-20,26,28,37,41H,3-4,8-9,15-18,21-22H2,1-2H3,(H,38,43). The van der Waals surface area contributed by atoms with Crippen molar-refractivity contribution in [3.63, 3.8) is 0 Å². The number of alkyl carbamates (subject to hydrolysis) is 1. The first-order valence-electron chi connectivity index (χ1n) is 15.5. The molecule has 0 aliphatic carbocycles. The summed E-state index contributed by atoms with van der Waals surface area (Å²) in [6.07, 6.45) is -2.81. The zero-order chi connectivity index (χ0) is 35.1. The predicted molar refractivity (Wildman–Crippen MR) is 170 cm³/mol. The summed E-state index contributed by atoms with van der Waals surface area (Å²) in [5.74, 6) is -1.72. The van der Waals surface area contributed by atoms with Gasteiger partial charge in [0.15, 0.2) is 0 Å². The van der Waals surface area contributed by atoms with Gasteiger partial charge in [0, 0.05) is 49.9 Å². The van der Waals surface area contributed by atoms with Crippen LogP contribution in [0.3, 0.4) is 0 Å². The van der Waals surface area contributed by atoms with Crippen molar-refractivity contribution in [3.8, 4) is 5.75 Å². The number of non-ortho nitro benzene ring substituents is 1. The van der Waals surface area contributed by atoms with Crippen LogP contribution in [-0.4, -0.2) is 85.8 Å². The lowest BCUT2D eigenvalue weighted by Gasteiger charge is -2.37. The number of nitro benzene ring substituents is 1. The van der Waals surface area contributed by atoms with Crippen LogP contribution < -0.4 is 15.4 Å². The second kappa shape index (κ2) is 18.6. The molecule has 1 aliphatic rings. The van der Waals surface area contributed by atoms with Crippen molar-refractivity contribution in [2.45, 2.75) is 50.8 Å². The molecular weight excluding hydrogens is 637 g/mol. The summed E-state index contributed by atoms with van der Waals surface area (Å²) < 4.78 is 58.9. The van der Waals surface area contributed by atoms with Crippen LogP contribution in [-0.2, 0) is 14.3 Å². The number of hydrogen-bond donors (Lipinski definition) is 3. The SMILES string of the molecule is COC(=O)C1=C(C(F)(F)F)N(CCCCCCOC(=O)NCCNCC(O)COc2ccccc2)C(C)=CC1c1cccc([N+](=O)[O-])c1. The molecule has 2 atom stereocenters. The van der Waals surface area contributed by atoms with E-state index < -0.39 is 46.5 Å². The van der Waals surface area contributed by atoms with Crippen LogP contribution >= 0.6 is 0 Å². The molecule has 2 aromatic carbocycles. The van der Waals surface area contributed by atoms with Crippen molar-refractivity contribution in [2.24, 2.45) is 0 Å². The van der Waals surface area contributed by atoms with Crippen molar-refractivity contribution in [3.05, 3.63) is 93.3 Å². The number of unbranched alkanes of at least 4 members (excludes halogenated alkanes) is 3. The smallest absolute Gasteiger partial charge is 0.432 e. The van der Waals surface area contributed by atoms with Crippen LogP contribution in [0.2, 0.25) is 0 Å². The van der Waals surface area contributed by atoms with Crippen LogP contribution in [0.25, 0.3) is 0 Å². The van der Waals surface area contributed by atoms with E-state index in [0.717, 1.165) is 18.1 Å². The Labute approximate surface area is 276 Å². The third-order valence-corrected chi connectivity index (χ3v) is 7.43. The Balaban J connectivity index is 1.41. The number of rotatable bonds is 18. The molecule has 262 valence electrons. The van der Waals surface area contributed by atoms with E-state index in [1.54, 1.807) is 12.1 Å². The number of nitro groups is 1. The number of allylic oxidation sites excluding steroid dienone is 3.